The number of hydrogen-bond acceptors (Lipinski definition) is 8. The van der Waals surface area contributed by atoms with E-state index in [2.05, 4.69) is 15.6 Å². The maximum Gasteiger partial charge on any atom is 0.407 e. The highest BCUT2D eigenvalue weighted by molar-refractivity contribution is 7.13. The fourth-order valence-electron chi connectivity index (χ4n) is 4.06. The third-order valence-electron chi connectivity index (χ3n) is 5.94. The molecule has 2 rings (SSSR count). The minimum Gasteiger partial charge on any atom is -0.449 e. The van der Waals surface area contributed by atoms with E-state index in [9.17, 15) is 14.4 Å². The number of nitrogens with one attached hydrogen (secondary N) is 2. The largest absolute Gasteiger partial charge is 0.449 e. The smallest absolute Gasteiger partial charge is 0.407 e. The number of nitrogens with two attached hydrogens (primary N) is 1. The van der Waals surface area contributed by atoms with Gasteiger partial charge in [-0.25, -0.2) is 14.9 Å². The highest BCUT2D eigenvalue weighted by atomic mass is 32.1. The van der Waals surface area contributed by atoms with E-state index in [1.54, 1.807) is 11.3 Å². The van der Waals surface area contributed by atoms with Gasteiger partial charge < -0.3 is 21.1 Å². The Kier molecular flexibility index (Phi) is 14.3. The Balaban J connectivity index is 1.89. The molecular formula is C30H49N5O5S. The molecule has 0 fully saturated rings. The molecule has 11 heteroatoms. The third-order valence-corrected chi connectivity index (χ3v) is 7.07. The number of amidine groups is 1. The normalized spacial score (nSPS) is 13.1. The molecule has 0 unspecified atom stereocenters. The third kappa shape index (κ3) is 13.5. The molecule has 3 amide bonds. The molecule has 0 spiro atoms. The van der Waals surface area contributed by atoms with Crippen LogP contribution in [0.25, 0.3) is 6.08 Å². The predicted octanol–water partition coefficient (Wildman–Crippen LogP) is 5.34. The van der Waals surface area contributed by atoms with E-state index in [-0.39, 0.29) is 36.4 Å². The molecule has 1 aliphatic heterocycles. The summed E-state index contributed by atoms with van der Waals surface area (Å²) in [6.45, 7) is 14.0. The van der Waals surface area contributed by atoms with E-state index in [1.807, 2.05) is 53.7 Å². The molecule has 0 saturated carbocycles. The van der Waals surface area contributed by atoms with Crippen LogP contribution in [0.1, 0.15) is 89.8 Å². The lowest BCUT2D eigenvalue weighted by Crippen LogP contribution is -2.37. The molecule has 2 heterocycles. The van der Waals surface area contributed by atoms with Crippen LogP contribution in [-0.2, 0) is 25.6 Å². The van der Waals surface area contributed by atoms with Crippen molar-refractivity contribution in [3.05, 3.63) is 21.4 Å². The van der Waals surface area contributed by atoms with Gasteiger partial charge in [-0.05, 0) is 49.2 Å². The molecule has 41 heavy (non-hydrogen) atoms. The molecule has 0 bridgehead atoms. The minimum absolute atomic E-state index is 0.0376. The van der Waals surface area contributed by atoms with Gasteiger partial charge in [0, 0.05) is 42.9 Å². The molecule has 1 aromatic rings. The van der Waals surface area contributed by atoms with Crippen LogP contribution in [-0.4, -0.2) is 61.7 Å². The van der Waals surface area contributed by atoms with Gasteiger partial charge in [0.1, 0.15) is 5.84 Å². The summed E-state index contributed by atoms with van der Waals surface area (Å²) in [5, 5.41) is 7.00. The van der Waals surface area contributed by atoms with Crippen molar-refractivity contribution < 1.29 is 24.0 Å². The number of amides is 3. The van der Waals surface area contributed by atoms with Gasteiger partial charge >= 0.3 is 6.09 Å². The average molecular weight is 592 g/mol. The van der Waals surface area contributed by atoms with E-state index in [4.69, 9.17) is 15.3 Å². The fraction of sp³-hybridized carbons (Fsp3) is 0.667. The van der Waals surface area contributed by atoms with E-state index in [0.29, 0.717) is 50.0 Å². The standard InChI is InChI=1S/C30H49N5O5S/c1-7-14-35(40-15-13-32-27(36)19-30(4,5)6)28(37)22-16-25-24(34-26(31)17-22)18-23(41-25)11-9-8-10-12-33-29(38)39-20-21(2)3/h16,18,21H,7-15,17,19-20H2,1-6H3,(H2,31,34)(H,32,36)(H,33,38). The van der Waals surface area contributed by atoms with Crippen LogP contribution in [0.4, 0.5) is 10.5 Å². The Hall–Kier alpha value is -2.92. The molecule has 0 aromatic carbocycles. The summed E-state index contributed by atoms with van der Waals surface area (Å²) in [5.74, 6) is 0.421. The first-order valence-electron chi connectivity index (χ1n) is 14.7. The Morgan fingerprint density at radius 1 is 1.15 bits per heavy atom. The molecule has 0 radical (unpaired) electrons. The lowest BCUT2D eigenvalue weighted by atomic mass is 9.92. The maximum atomic E-state index is 13.4. The second-order valence-electron chi connectivity index (χ2n) is 12.0. The van der Waals surface area contributed by atoms with Gasteiger partial charge in [0.25, 0.3) is 5.91 Å². The Bertz CT molecular complexity index is 1070. The number of unbranched alkanes of at least 4 members (excludes halogenated alkanes) is 2. The number of fused-ring (bicyclic) bond motifs is 1. The van der Waals surface area contributed by atoms with Crippen molar-refractivity contribution in [3.8, 4) is 0 Å². The number of carbonyl (C=O) groups excluding carboxylic acids is 3. The first-order chi connectivity index (χ1) is 19.4. The van der Waals surface area contributed by atoms with Crippen molar-refractivity contribution in [3.63, 3.8) is 0 Å². The fourth-order valence-corrected chi connectivity index (χ4v) is 5.17. The number of aryl methyl sites for hydroxylation is 1. The van der Waals surface area contributed by atoms with Gasteiger partial charge in [0.2, 0.25) is 5.91 Å². The highest BCUT2D eigenvalue weighted by Crippen LogP contribution is 2.35. The first kappa shape index (κ1) is 34.3. The van der Waals surface area contributed by atoms with Crippen molar-refractivity contribution in [2.75, 3.05) is 32.8 Å². The van der Waals surface area contributed by atoms with Crippen molar-refractivity contribution >= 4 is 46.8 Å². The molecule has 4 N–H and O–H groups in total. The van der Waals surface area contributed by atoms with Gasteiger partial charge in [0.05, 0.1) is 23.8 Å². The van der Waals surface area contributed by atoms with E-state index in [0.717, 1.165) is 42.7 Å². The van der Waals surface area contributed by atoms with Crippen LogP contribution in [0.5, 0.6) is 0 Å². The number of thiophene rings is 1. The summed E-state index contributed by atoms with van der Waals surface area (Å²) in [6, 6.07) is 2.04. The zero-order valence-electron chi connectivity index (χ0n) is 25.6. The van der Waals surface area contributed by atoms with Gasteiger partial charge in [-0.2, -0.15) is 0 Å². The molecule has 0 aliphatic carbocycles. The Morgan fingerprint density at radius 3 is 2.59 bits per heavy atom. The number of aliphatic imine (C=N–C) groups is 1. The zero-order valence-corrected chi connectivity index (χ0v) is 26.5. The lowest BCUT2D eigenvalue weighted by molar-refractivity contribution is -0.181. The lowest BCUT2D eigenvalue weighted by Gasteiger charge is -2.23. The van der Waals surface area contributed by atoms with E-state index < -0.39 is 0 Å². The summed E-state index contributed by atoms with van der Waals surface area (Å²) in [5.41, 5.74) is 7.41. The van der Waals surface area contributed by atoms with Crippen molar-refractivity contribution in [2.45, 2.75) is 86.5 Å². The van der Waals surface area contributed by atoms with Crippen LogP contribution in [0.3, 0.4) is 0 Å². The number of hydroxylamine groups is 2. The summed E-state index contributed by atoms with van der Waals surface area (Å²) in [4.78, 5) is 49.6. The van der Waals surface area contributed by atoms with Crippen molar-refractivity contribution in [1.29, 1.82) is 0 Å². The van der Waals surface area contributed by atoms with Gasteiger partial charge in [-0.3, -0.25) is 14.4 Å². The summed E-state index contributed by atoms with van der Waals surface area (Å²) in [6.07, 6.45) is 6.61. The van der Waals surface area contributed by atoms with Crippen LogP contribution in [0.2, 0.25) is 0 Å². The average Bonchev–Trinajstić information content (AvgIpc) is 3.17. The summed E-state index contributed by atoms with van der Waals surface area (Å²) < 4.78 is 5.12. The Labute approximate surface area is 249 Å². The number of nitrogens with zero attached hydrogens (tertiary/aromatic N) is 2. The summed E-state index contributed by atoms with van der Waals surface area (Å²) >= 11 is 1.62. The topological polar surface area (TPSA) is 135 Å². The summed E-state index contributed by atoms with van der Waals surface area (Å²) in [7, 11) is 0. The molecule has 10 nitrogen and oxygen atoms in total. The minimum atomic E-state index is -0.362. The predicted molar refractivity (Wildman–Crippen MR) is 165 cm³/mol. The van der Waals surface area contributed by atoms with Gasteiger partial charge in [-0.1, -0.05) is 48.0 Å². The molecule has 1 aliphatic rings. The Morgan fingerprint density at radius 2 is 1.90 bits per heavy atom. The number of carbonyl (C=O) groups is 3. The first-order valence-corrected chi connectivity index (χ1v) is 15.5. The molecular weight excluding hydrogens is 542 g/mol. The number of alkyl carbamates (subject to hydrolysis) is 1. The maximum absolute atomic E-state index is 13.4. The molecule has 1 aromatic heterocycles. The second kappa shape index (κ2) is 17.1. The van der Waals surface area contributed by atoms with Crippen LogP contribution in [0, 0.1) is 11.3 Å². The van der Waals surface area contributed by atoms with Crippen LogP contribution < -0.4 is 16.4 Å². The SMILES string of the molecule is CCCN(OCCNC(=O)CC(C)(C)C)C(=O)C1=Cc2sc(CCCCCNC(=O)OCC(C)C)cc2N=C(N)C1. The molecule has 0 atom stereocenters. The van der Waals surface area contributed by atoms with Crippen LogP contribution >= 0.6 is 11.3 Å². The molecule has 230 valence electrons. The highest BCUT2D eigenvalue weighted by Gasteiger charge is 2.23. The number of ether oxygens (including phenoxy) is 1. The number of hydrogen-bond donors (Lipinski definition) is 3. The van der Waals surface area contributed by atoms with Gasteiger partial charge in [-0.15, -0.1) is 11.3 Å². The second-order valence-corrected chi connectivity index (χ2v) is 13.1. The zero-order chi connectivity index (χ0) is 30.4. The van der Waals surface area contributed by atoms with Crippen molar-refractivity contribution in [1.82, 2.24) is 15.7 Å². The van der Waals surface area contributed by atoms with E-state index >= 15 is 0 Å². The van der Waals surface area contributed by atoms with E-state index in [1.165, 1.54) is 9.94 Å². The quantitative estimate of drug-likeness (QED) is 0.175. The number of rotatable bonds is 16. The van der Waals surface area contributed by atoms with Gasteiger partial charge in [0.15, 0.2) is 0 Å². The van der Waals surface area contributed by atoms with Crippen LogP contribution in [0.15, 0.2) is 16.6 Å². The monoisotopic (exact) mass is 591 g/mol. The molecule has 0 saturated heterocycles. The van der Waals surface area contributed by atoms with Crippen molar-refractivity contribution in [2.24, 2.45) is 22.1 Å².